The molecule has 1 fully saturated rings. The molecule has 3 rings (SSSR count). The van der Waals surface area contributed by atoms with Gasteiger partial charge in [-0.2, -0.15) is 0 Å². The Kier molecular flexibility index (Phi) is 3.39. The van der Waals surface area contributed by atoms with Crippen molar-refractivity contribution in [3.8, 4) is 11.5 Å². The second kappa shape index (κ2) is 5.20. The molecule has 1 aliphatic rings. The lowest BCUT2D eigenvalue weighted by atomic mass is 9.73. The van der Waals surface area contributed by atoms with E-state index in [9.17, 15) is 5.11 Å². The van der Waals surface area contributed by atoms with Crippen molar-refractivity contribution in [3.63, 3.8) is 0 Å². The third kappa shape index (κ3) is 2.05. The first-order chi connectivity index (χ1) is 9.76. The summed E-state index contributed by atoms with van der Waals surface area (Å²) in [6.45, 7) is 0. The number of aromatic hydroxyl groups is 1. The summed E-state index contributed by atoms with van der Waals surface area (Å²) in [5, 5.41) is 10.4. The predicted octanol–water partition coefficient (Wildman–Crippen LogP) is 4.26. The van der Waals surface area contributed by atoms with Crippen molar-refractivity contribution in [2.45, 2.75) is 31.1 Å². The highest BCUT2D eigenvalue weighted by atomic mass is 16.5. The number of hydrogen-bond donors (Lipinski definition) is 1. The van der Waals surface area contributed by atoms with E-state index < -0.39 is 0 Å². The zero-order valence-electron chi connectivity index (χ0n) is 11.8. The summed E-state index contributed by atoms with van der Waals surface area (Å²) in [5.74, 6) is 1.18. The van der Waals surface area contributed by atoms with Crippen LogP contribution in [0.2, 0.25) is 0 Å². The summed E-state index contributed by atoms with van der Waals surface area (Å²) in [5.41, 5.74) is 2.22. The van der Waals surface area contributed by atoms with Gasteiger partial charge >= 0.3 is 0 Å². The minimum atomic E-state index is -0.0696. The van der Waals surface area contributed by atoms with Gasteiger partial charge in [0, 0.05) is 11.0 Å². The Morgan fingerprint density at radius 1 is 1.00 bits per heavy atom. The summed E-state index contributed by atoms with van der Waals surface area (Å²) >= 11 is 0. The first kappa shape index (κ1) is 13.0. The third-order valence-corrected chi connectivity index (χ3v) is 4.50. The standard InChI is InChI=1S/C18H20O2/c1-20-15-9-10-17(19)16(13-15)18(11-5-6-12-18)14-7-3-2-4-8-14/h2-4,7-10,13,19H,5-6,11-12H2,1H3. The average molecular weight is 268 g/mol. The highest BCUT2D eigenvalue weighted by Gasteiger charge is 2.39. The van der Waals surface area contributed by atoms with Gasteiger partial charge in [0.05, 0.1) is 7.11 Å². The van der Waals surface area contributed by atoms with Gasteiger partial charge in [-0.05, 0) is 36.6 Å². The molecule has 0 spiro atoms. The molecule has 2 heteroatoms. The van der Waals surface area contributed by atoms with Crippen molar-refractivity contribution in [1.29, 1.82) is 0 Å². The zero-order valence-corrected chi connectivity index (χ0v) is 11.8. The highest BCUT2D eigenvalue weighted by Crippen LogP contribution is 2.49. The molecule has 2 nitrogen and oxygen atoms in total. The maximum atomic E-state index is 10.4. The summed E-state index contributed by atoms with van der Waals surface area (Å²) in [6.07, 6.45) is 4.56. The van der Waals surface area contributed by atoms with E-state index in [1.165, 1.54) is 18.4 Å². The number of phenolic OH excluding ortho intramolecular Hbond substituents is 1. The zero-order chi connectivity index (χ0) is 14.0. The van der Waals surface area contributed by atoms with Gasteiger partial charge in [-0.25, -0.2) is 0 Å². The van der Waals surface area contributed by atoms with Gasteiger partial charge in [-0.15, -0.1) is 0 Å². The lowest BCUT2D eigenvalue weighted by Crippen LogP contribution is -2.23. The van der Waals surface area contributed by atoms with Gasteiger partial charge in [-0.3, -0.25) is 0 Å². The van der Waals surface area contributed by atoms with Crippen molar-refractivity contribution in [2.75, 3.05) is 7.11 Å². The van der Waals surface area contributed by atoms with Crippen LogP contribution in [-0.2, 0) is 5.41 Å². The summed E-state index contributed by atoms with van der Waals surface area (Å²) in [6, 6.07) is 16.1. The molecule has 0 amide bonds. The van der Waals surface area contributed by atoms with Crippen LogP contribution in [0.25, 0.3) is 0 Å². The molecule has 0 heterocycles. The van der Waals surface area contributed by atoms with Crippen LogP contribution in [0.5, 0.6) is 11.5 Å². The second-order valence-electron chi connectivity index (χ2n) is 5.54. The van der Waals surface area contributed by atoms with Crippen molar-refractivity contribution < 1.29 is 9.84 Å². The van der Waals surface area contributed by atoms with E-state index in [4.69, 9.17) is 4.74 Å². The molecule has 1 N–H and O–H groups in total. The molecule has 0 aliphatic heterocycles. The molecule has 2 aromatic carbocycles. The fourth-order valence-electron chi connectivity index (χ4n) is 3.47. The molecule has 1 saturated carbocycles. The fourth-order valence-corrected chi connectivity index (χ4v) is 3.47. The van der Waals surface area contributed by atoms with E-state index in [0.717, 1.165) is 24.2 Å². The minimum absolute atomic E-state index is 0.0696. The first-order valence-electron chi connectivity index (χ1n) is 7.19. The number of benzene rings is 2. The van der Waals surface area contributed by atoms with E-state index in [0.29, 0.717) is 5.75 Å². The van der Waals surface area contributed by atoms with Crippen LogP contribution in [-0.4, -0.2) is 12.2 Å². The predicted molar refractivity (Wildman–Crippen MR) is 80.3 cm³/mol. The van der Waals surface area contributed by atoms with E-state index in [1.807, 2.05) is 18.2 Å². The topological polar surface area (TPSA) is 29.5 Å². The Morgan fingerprint density at radius 2 is 1.70 bits per heavy atom. The van der Waals surface area contributed by atoms with Gasteiger partial charge in [0.1, 0.15) is 11.5 Å². The molecule has 0 atom stereocenters. The molecule has 0 bridgehead atoms. The molecule has 0 unspecified atom stereocenters. The van der Waals surface area contributed by atoms with Gasteiger partial charge in [0.15, 0.2) is 0 Å². The number of rotatable bonds is 3. The molecule has 0 aromatic heterocycles. The van der Waals surface area contributed by atoms with Crippen LogP contribution in [0, 0.1) is 0 Å². The summed E-state index contributed by atoms with van der Waals surface area (Å²) < 4.78 is 5.34. The quantitative estimate of drug-likeness (QED) is 0.901. The monoisotopic (exact) mass is 268 g/mol. The molecule has 20 heavy (non-hydrogen) atoms. The van der Waals surface area contributed by atoms with Gasteiger partial charge in [-0.1, -0.05) is 43.2 Å². The Hall–Kier alpha value is -1.96. The minimum Gasteiger partial charge on any atom is -0.508 e. The Bertz CT molecular complexity index is 584. The van der Waals surface area contributed by atoms with Crippen LogP contribution >= 0.6 is 0 Å². The molecular formula is C18H20O2. The van der Waals surface area contributed by atoms with E-state index in [-0.39, 0.29) is 5.41 Å². The molecule has 0 radical (unpaired) electrons. The maximum Gasteiger partial charge on any atom is 0.119 e. The maximum absolute atomic E-state index is 10.4. The van der Waals surface area contributed by atoms with Crippen LogP contribution in [0.3, 0.4) is 0 Å². The lowest BCUT2D eigenvalue weighted by Gasteiger charge is -2.31. The number of hydrogen-bond acceptors (Lipinski definition) is 2. The Morgan fingerprint density at radius 3 is 2.35 bits per heavy atom. The van der Waals surface area contributed by atoms with Crippen LogP contribution in [0.4, 0.5) is 0 Å². The van der Waals surface area contributed by atoms with Crippen LogP contribution < -0.4 is 4.74 Å². The average Bonchev–Trinajstić information content (AvgIpc) is 2.99. The van der Waals surface area contributed by atoms with Crippen LogP contribution in [0.15, 0.2) is 48.5 Å². The van der Waals surface area contributed by atoms with E-state index >= 15 is 0 Å². The fraction of sp³-hybridized carbons (Fsp3) is 0.333. The SMILES string of the molecule is COc1ccc(O)c(C2(c3ccccc3)CCCC2)c1. The third-order valence-electron chi connectivity index (χ3n) is 4.50. The Labute approximate surface area is 120 Å². The van der Waals surface area contributed by atoms with E-state index in [1.54, 1.807) is 13.2 Å². The number of phenols is 1. The smallest absolute Gasteiger partial charge is 0.119 e. The molecule has 1 aliphatic carbocycles. The number of methoxy groups -OCH3 is 1. The normalized spacial score (nSPS) is 17.1. The van der Waals surface area contributed by atoms with Crippen molar-refractivity contribution in [2.24, 2.45) is 0 Å². The van der Waals surface area contributed by atoms with Gasteiger partial charge in [0.25, 0.3) is 0 Å². The van der Waals surface area contributed by atoms with Crippen molar-refractivity contribution >= 4 is 0 Å². The first-order valence-corrected chi connectivity index (χ1v) is 7.19. The van der Waals surface area contributed by atoms with E-state index in [2.05, 4.69) is 24.3 Å². The second-order valence-corrected chi connectivity index (χ2v) is 5.54. The Balaban J connectivity index is 2.17. The lowest BCUT2D eigenvalue weighted by molar-refractivity contribution is 0.403. The number of ether oxygens (including phenoxy) is 1. The largest absolute Gasteiger partial charge is 0.508 e. The van der Waals surface area contributed by atoms with Crippen molar-refractivity contribution in [3.05, 3.63) is 59.7 Å². The van der Waals surface area contributed by atoms with Gasteiger partial charge in [0.2, 0.25) is 0 Å². The molecule has 0 saturated heterocycles. The summed E-state index contributed by atoms with van der Waals surface area (Å²) in [4.78, 5) is 0. The van der Waals surface area contributed by atoms with Crippen LogP contribution in [0.1, 0.15) is 36.8 Å². The molecular weight excluding hydrogens is 248 g/mol. The molecule has 104 valence electrons. The van der Waals surface area contributed by atoms with Gasteiger partial charge < -0.3 is 9.84 Å². The highest BCUT2D eigenvalue weighted by molar-refractivity contribution is 5.50. The molecule has 2 aromatic rings. The van der Waals surface area contributed by atoms with Crippen molar-refractivity contribution in [1.82, 2.24) is 0 Å². The summed E-state index contributed by atoms with van der Waals surface area (Å²) in [7, 11) is 1.67.